The van der Waals surface area contributed by atoms with E-state index in [2.05, 4.69) is 40.3 Å². The molecule has 0 aromatic heterocycles. The predicted molar refractivity (Wildman–Crippen MR) is 84.3 cm³/mol. The fourth-order valence-corrected chi connectivity index (χ4v) is 2.50. The Balaban J connectivity index is 1.81. The number of nitrogens with one attached hydrogen (secondary N) is 1. The monoisotopic (exact) mass is 339 g/mol. The third-order valence-corrected chi connectivity index (χ3v) is 3.46. The van der Waals surface area contributed by atoms with E-state index >= 15 is 0 Å². The Morgan fingerprint density at radius 3 is 2.79 bits per heavy atom. The fourth-order valence-electron chi connectivity index (χ4n) is 1.70. The zero-order chi connectivity index (χ0) is 13.7. The summed E-state index contributed by atoms with van der Waals surface area (Å²) >= 11 is 9.30. The Morgan fingerprint density at radius 1 is 1.21 bits per heavy atom. The molecule has 1 N–H and O–H groups in total. The lowest BCUT2D eigenvalue weighted by Gasteiger charge is -2.10. The summed E-state index contributed by atoms with van der Waals surface area (Å²) in [6.07, 6.45) is 0. The molecule has 0 saturated carbocycles. The minimum Gasteiger partial charge on any atom is -0.491 e. The van der Waals surface area contributed by atoms with Crippen molar-refractivity contribution in [1.82, 2.24) is 0 Å². The molecular weight excluding hydrogens is 326 g/mol. The Morgan fingerprint density at radius 2 is 2.05 bits per heavy atom. The molecule has 0 amide bonds. The summed E-state index contributed by atoms with van der Waals surface area (Å²) in [5.74, 6) is 0.801. The SMILES string of the molecule is Cc1cccc(NCCOc2ccc(Cl)cc2Br)c1. The highest BCUT2D eigenvalue weighted by Crippen LogP contribution is 2.27. The minimum atomic E-state index is 0.591. The molecule has 0 bridgehead atoms. The van der Waals surface area contributed by atoms with Gasteiger partial charge in [-0.3, -0.25) is 0 Å². The summed E-state index contributed by atoms with van der Waals surface area (Å²) in [7, 11) is 0. The molecule has 0 aliphatic heterocycles. The highest BCUT2D eigenvalue weighted by molar-refractivity contribution is 9.10. The zero-order valence-corrected chi connectivity index (χ0v) is 13.0. The van der Waals surface area contributed by atoms with Gasteiger partial charge in [0.05, 0.1) is 4.47 Å². The number of aryl methyl sites for hydroxylation is 1. The van der Waals surface area contributed by atoms with Crippen LogP contribution in [-0.4, -0.2) is 13.2 Å². The van der Waals surface area contributed by atoms with Crippen LogP contribution in [-0.2, 0) is 0 Å². The molecular formula is C15H15BrClNO. The molecule has 0 spiro atoms. The van der Waals surface area contributed by atoms with Crippen LogP contribution in [0.4, 0.5) is 5.69 Å². The maximum absolute atomic E-state index is 5.88. The van der Waals surface area contributed by atoms with Crippen molar-refractivity contribution < 1.29 is 4.74 Å². The van der Waals surface area contributed by atoms with Gasteiger partial charge in [-0.15, -0.1) is 0 Å². The number of hydrogen-bond donors (Lipinski definition) is 1. The smallest absolute Gasteiger partial charge is 0.133 e. The third-order valence-electron chi connectivity index (χ3n) is 2.60. The Hall–Kier alpha value is -1.19. The highest BCUT2D eigenvalue weighted by atomic mass is 79.9. The molecule has 2 nitrogen and oxygen atoms in total. The van der Waals surface area contributed by atoms with Crippen molar-refractivity contribution >= 4 is 33.2 Å². The van der Waals surface area contributed by atoms with Gasteiger partial charge in [0.25, 0.3) is 0 Å². The maximum Gasteiger partial charge on any atom is 0.133 e. The first kappa shape index (κ1) is 14.2. The molecule has 2 aromatic rings. The third kappa shape index (κ3) is 4.44. The van der Waals surface area contributed by atoms with Crippen molar-refractivity contribution in [3.8, 4) is 5.75 Å². The van der Waals surface area contributed by atoms with Crippen LogP contribution in [0.1, 0.15) is 5.56 Å². The van der Waals surface area contributed by atoms with Gasteiger partial charge in [-0.1, -0.05) is 23.7 Å². The number of halogens is 2. The molecule has 4 heteroatoms. The van der Waals surface area contributed by atoms with Crippen molar-refractivity contribution in [3.05, 3.63) is 57.5 Å². The van der Waals surface area contributed by atoms with Crippen LogP contribution in [0.2, 0.25) is 5.02 Å². The lowest BCUT2D eigenvalue weighted by Crippen LogP contribution is -2.11. The van der Waals surface area contributed by atoms with Crippen LogP contribution in [0.5, 0.6) is 5.75 Å². The molecule has 0 radical (unpaired) electrons. The average molecular weight is 341 g/mol. The largest absolute Gasteiger partial charge is 0.491 e. The number of benzene rings is 2. The number of rotatable bonds is 5. The normalized spacial score (nSPS) is 10.3. The summed E-state index contributed by atoms with van der Waals surface area (Å²) in [5, 5.41) is 4.01. The summed E-state index contributed by atoms with van der Waals surface area (Å²) in [6, 6.07) is 13.8. The molecule has 0 atom stereocenters. The van der Waals surface area contributed by atoms with Crippen LogP contribution in [0.15, 0.2) is 46.9 Å². The van der Waals surface area contributed by atoms with E-state index in [0.29, 0.717) is 11.6 Å². The van der Waals surface area contributed by atoms with Gasteiger partial charge >= 0.3 is 0 Å². The molecule has 0 unspecified atom stereocenters. The maximum atomic E-state index is 5.88. The molecule has 0 aliphatic rings. The van der Waals surface area contributed by atoms with Gasteiger partial charge in [0.15, 0.2) is 0 Å². The predicted octanol–water partition coefficient (Wildman–Crippen LogP) is 4.90. The first-order chi connectivity index (χ1) is 9.15. The first-order valence-electron chi connectivity index (χ1n) is 6.03. The van der Waals surface area contributed by atoms with Crippen molar-refractivity contribution in [3.63, 3.8) is 0 Å². The minimum absolute atomic E-state index is 0.591. The molecule has 2 aromatic carbocycles. The van der Waals surface area contributed by atoms with Crippen LogP contribution in [0.3, 0.4) is 0 Å². The van der Waals surface area contributed by atoms with Crippen LogP contribution in [0.25, 0.3) is 0 Å². The van der Waals surface area contributed by atoms with Gasteiger partial charge in [-0.25, -0.2) is 0 Å². The second-order valence-electron chi connectivity index (χ2n) is 4.22. The average Bonchev–Trinajstić information content (AvgIpc) is 2.37. The number of ether oxygens (including phenoxy) is 1. The first-order valence-corrected chi connectivity index (χ1v) is 7.20. The van der Waals surface area contributed by atoms with E-state index in [-0.39, 0.29) is 0 Å². The van der Waals surface area contributed by atoms with Gasteiger partial charge in [-0.05, 0) is 58.7 Å². The Labute approximate surface area is 126 Å². The van der Waals surface area contributed by atoms with E-state index in [1.807, 2.05) is 30.3 Å². The van der Waals surface area contributed by atoms with E-state index in [0.717, 1.165) is 22.5 Å². The van der Waals surface area contributed by atoms with Crippen molar-refractivity contribution in [2.24, 2.45) is 0 Å². The number of hydrogen-bond acceptors (Lipinski definition) is 2. The summed E-state index contributed by atoms with van der Waals surface area (Å²) in [4.78, 5) is 0. The zero-order valence-electron chi connectivity index (χ0n) is 10.6. The summed E-state index contributed by atoms with van der Waals surface area (Å²) in [5.41, 5.74) is 2.35. The van der Waals surface area contributed by atoms with Crippen LogP contribution >= 0.6 is 27.5 Å². The van der Waals surface area contributed by atoms with Crippen LogP contribution in [0, 0.1) is 6.92 Å². The molecule has 0 aliphatic carbocycles. The molecule has 100 valence electrons. The number of anilines is 1. The Bertz CT molecular complexity index is 560. The molecule has 0 heterocycles. The lowest BCUT2D eigenvalue weighted by molar-refractivity contribution is 0.331. The second-order valence-corrected chi connectivity index (χ2v) is 5.51. The highest BCUT2D eigenvalue weighted by Gasteiger charge is 2.01. The van der Waals surface area contributed by atoms with Gasteiger partial charge < -0.3 is 10.1 Å². The quantitative estimate of drug-likeness (QED) is 0.782. The molecule has 2 rings (SSSR count). The second kappa shape index (κ2) is 6.83. The Kier molecular flexibility index (Phi) is 5.11. The van der Waals surface area contributed by atoms with E-state index in [9.17, 15) is 0 Å². The van der Waals surface area contributed by atoms with Crippen molar-refractivity contribution in [2.75, 3.05) is 18.5 Å². The van der Waals surface area contributed by atoms with E-state index < -0.39 is 0 Å². The van der Waals surface area contributed by atoms with E-state index in [1.165, 1.54) is 5.56 Å². The topological polar surface area (TPSA) is 21.3 Å². The summed E-state index contributed by atoms with van der Waals surface area (Å²) < 4.78 is 6.55. The lowest BCUT2D eigenvalue weighted by atomic mass is 10.2. The standard InChI is InChI=1S/C15H15BrClNO/c1-11-3-2-4-13(9-11)18-7-8-19-15-6-5-12(17)10-14(15)16/h2-6,9-10,18H,7-8H2,1H3. The van der Waals surface area contributed by atoms with Crippen LogP contribution < -0.4 is 10.1 Å². The summed E-state index contributed by atoms with van der Waals surface area (Å²) in [6.45, 7) is 3.42. The molecule has 0 fully saturated rings. The molecule has 0 saturated heterocycles. The van der Waals surface area contributed by atoms with E-state index in [1.54, 1.807) is 0 Å². The fraction of sp³-hybridized carbons (Fsp3) is 0.200. The van der Waals surface area contributed by atoms with Gasteiger partial charge in [0.2, 0.25) is 0 Å². The van der Waals surface area contributed by atoms with Gasteiger partial charge in [0, 0.05) is 17.3 Å². The van der Waals surface area contributed by atoms with Gasteiger partial charge in [0.1, 0.15) is 12.4 Å². The van der Waals surface area contributed by atoms with E-state index in [4.69, 9.17) is 16.3 Å². The van der Waals surface area contributed by atoms with Crippen molar-refractivity contribution in [1.29, 1.82) is 0 Å². The van der Waals surface area contributed by atoms with Crippen molar-refractivity contribution in [2.45, 2.75) is 6.92 Å². The van der Waals surface area contributed by atoms with Gasteiger partial charge in [-0.2, -0.15) is 0 Å². The molecule has 19 heavy (non-hydrogen) atoms.